The lowest BCUT2D eigenvalue weighted by atomic mass is 9.99. The summed E-state index contributed by atoms with van der Waals surface area (Å²) in [5.41, 5.74) is 3.95. The highest BCUT2D eigenvalue weighted by atomic mass is 79.9. The molecule has 0 aliphatic rings. The van der Waals surface area contributed by atoms with Crippen molar-refractivity contribution in [2.45, 2.75) is 6.04 Å². The molecule has 0 saturated carbocycles. The van der Waals surface area contributed by atoms with E-state index in [1.165, 1.54) is 13.2 Å². The molecule has 20 heavy (non-hydrogen) atoms. The van der Waals surface area contributed by atoms with Gasteiger partial charge in [-0.05, 0) is 29.8 Å². The predicted molar refractivity (Wildman–Crippen MR) is 84.0 cm³/mol. The van der Waals surface area contributed by atoms with Gasteiger partial charge < -0.3 is 4.74 Å². The van der Waals surface area contributed by atoms with Gasteiger partial charge in [-0.3, -0.25) is 5.84 Å². The lowest BCUT2D eigenvalue weighted by Crippen LogP contribution is -2.29. The van der Waals surface area contributed by atoms with Crippen molar-refractivity contribution >= 4 is 31.9 Å². The molecular formula is C14H13Br2FN2O. The minimum absolute atomic E-state index is 0.372. The van der Waals surface area contributed by atoms with Crippen LogP contribution in [0.1, 0.15) is 17.2 Å². The van der Waals surface area contributed by atoms with E-state index in [2.05, 4.69) is 37.3 Å². The van der Waals surface area contributed by atoms with Gasteiger partial charge in [0.1, 0.15) is 11.6 Å². The predicted octanol–water partition coefficient (Wildman–Crippen LogP) is 3.91. The molecule has 1 atom stereocenters. The van der Waals surface area contributed by atoms with Gasteiger partial charge in [0.25, 0.3) is 0 Å². The molecule has 2 aromatic rings. The largest absolute Gasteiger partial charge is 0.497 e. The number of benzene rings is 2. The van der Waals surface area contributed by atoms with E-state index in [1.807, 2.05) is 18.2 Å². The van der Waals surface area contributed by atoms with E-state index in [9.17, 15) is 4.39 Å². The number of ether oxygens (including phenoxy) is 1. The first-order chi connectivity index (χ1) is 9.55. The van der Waals surface area contributed by atoms with Crippen LogP contribution in [-0.4, -0.2) is 7.11 Å². The Hall–Kier alpha value is -0.950. The highest BCUT2D eigenvalue weighted by Crippen LogP contribution is 2.30. The van der Waals surface area contributed by atoms with Crippen LogP contribution in [0.5, 0.6) is 5.75 Å². The molecule has 0 aromatic heterocycles. The van der Waals surface area contributed by atoms with Crippen LogP contribution in [-0.2, 0) is 0 Å². The Morgan fingerprint density at radius 3 is 2.30 bits per heavy atom. The van der Waals surface area contributed by atoms with Gasteiger partial charge in [-0.15, -0.1) is 0 Å². The minimum Gasteiger partial charge on any atom is -0.497 e. The fourth-order valence-electron chi connectivity index (χ4n) is 1.98. The third kappa shape index (κ3) is 3.38. The second kappa shape index (κ2) is 6.67. The first kappa shape index (κ1) is 15.4. The van der Waals surface area contributed by atoms with Crippen molar-refractivity contribution in [2.75, 3.05) is 7.11 Å². The van der Waals surface area contributed by atoms with Gasteiger partial charge in [0.2, 0.25) is 0 Å². The average molecular weight is 404 g/mol. The molecule has 1 unspecified atom stereocenters. The first-order valence-electron chi connectivity index (χ1n) is 5.80. The Morgan fingerprint density at radius 1 is 1.15 bits per heavy atom. The summed E-state index contributed by atoms with van der Waals surface area (Å²) in [5, 5.41) is 0. The zero-order chi connectivity index (χ0) is 14.7. The zero-order valence-corrected chi connectivity index (χ0v) is 13.8. The fourth-order valence-corrected chi connectivity index (χ4v) is 3.31. The van der Waals surface area contributed by atoms with Crippen LogP contribution in [0.15, 0.2) is 45.3 Å². The van der Waals surface area contributed by atoms with Crippen molar-refractivity contribution in [1.82, 2.24) is 5.43 Å². The monoisotopic (exact) mass is 402 g/mol. The van der Waals surface area contributed by atoms with Gasteiger partial charge in [0, 0.05) is 20.6 Å². The van der Waals surface area contributed by atoms with E-state index in [-0.39, 0.29) is 5.82 Å². The Morgan fingerprint density at radius 2 is 1.80 bits per heavy atom. The van der Waals surface area contributed by atoms with Crippen molar-refractivity contribution in [2.24, 2.45) is 5.84 Å². The average Bonchev–Trinajstić information content (AvgIpc) is 2.40. The fraction of sp³-hybridized carbons (Fsp3) is 0.143. The molecule has 0 amide bonds. The van der Waals surface area contributed by atoms with Crippen molar-refractivity contribution in [3.05, 3.63) is 62.3 Å². The van der Waals surface area contributed by atoms with E-state index in [0.29, 0.717) is 11.3 Å². The van der Waals surface area contributed by atoms with Crippen LogP contribution in [0.2, 0.25) is 0 Å². The van der Waals surface area contributed by atoms with Crippen LogP contribution in [0.25, 0.3) is 0 Å². The van der Waals surface area contributed by atoms with Crippen molar-refractivity contribution in [1.29, 1.82) is 0 Å². The van der Waals surface area contributed by atoms with Crippen LogP contribution < -0.4 is 16.0 Å². The maximum atomic E-state index is 14.2. The van der Waals surface area contributed by atoms with Crippen molar-refractivity contribution < 1.29 is 9.13 Å². The van der Waals surface area contributed by atoms with E-state index in [4.69, 9.17) is 10.6 Å². The topological polar surface area (TPSA) is 47.3 Å². The summed E-state index contributed by atoms with van der Waals surface area (Å²) in [6.07, 6.45) is 0. The molecule has 2 rings (SSSR count). The molecule has 3 N–H and O–H groups in total. The quantitative estimate of drug-likeness (QED) is 0.600. The molecule has 0 aliphatic carbocycles. The van der Waals surface area contributed by atoms with Crippen molar-refractivity contribution in [3.8, 4) is 5.75 Å². The molecule has 0 bridgehead atoms. The number of halogens is 3. The maximum absolute atomic E-state index is 14.2. The van der Waals surface area contributed by atoms with Gasteiger partial charge in [0.05, 0.1) is 13.2 Å². The van der Waals surface area contributed by atoms with E-state index >= 15 is 0 Å². The van der Waals surface area contributed by atoms with E-state index in [1.54, 1.807) is 12.1 Å². The molecule has 6 heteroatoms. The van der Waals surface area contributed by atoms with Crippen LogP contribution in [0.3, 0.4) is 0 Å². The summed E-state index contributed by atoms with van der Waals surface area (Å²) in [4.78, 5) is 0. The molecule has 2 aromatic carbocycles. The van der Waals surface area contributed by atoms with E-state index < -0.39 is 6.04 Å². The Balaban J connectivity index is 2.46. The highest BCUT2D eigenvalue weighted by Gasteiger charge is 2.18. The number of rotatable bonds is 4. The highest BCUT2D eigenvalue weighted by molar-refractivity contribution is 9.11. The molecule has 0 saturated heterocycles. The molecule has 0 fully saturated rings. The Bertz CT molecular complexity index is 602. The molecule has 106 valence electrons. The first-order valence-corrected chi connectivity index (χ1v) is 7.39. The maximum Gasteiger partial charge on any atom is 0.132 e. The second-order valence-corrected chi connectivity index (χ2v) is 6.02. The van der Waals surface area contributed by atoms with Gasteiger partial charge in [-0.2, -0.15) is 0 Å². The smallest absolute Gasteiger partial charge is 0.132 e. The number of nitrogens with one attached hydrogen (secondary N) is 1. The third-order valence-corrected chi connectivity index (χ3v) is 3.82. The summed E-state index contributed by atoms with van der Waals surface area (Å²) in [6, 6.07) is 9.93. The molecule has 0 spiro atoms. The number of methoxy groups -OCH3 is 1. The minimum atomic E-state index is -0.449. The summed E-state index contributed by atoms with van der Waals surface area (Å²) in [7, 11) is 1.50. The van der Waals surface area contributed by atoms with Gasteiger partial charge in [-0.1, -0.05) is 37.9 Å². The third-order valence-electron chi connectivity index (χ3n) is 2.90. The summed E-state index contributed by atoms with van der Waals surface area (Å²) < 4.78 is 20.9. The Labute approximate surface area is 133 Å². The van der Waals surface area contributed by atoms with Gasteiger partial charge in [0.15, 0.2) is 0 Å². The molecule has 0 aliphatic heterocycles. The second-order valence-electron chi connectivity index (χ2n) is 4.19. The SMILES string of the molecule is COc1ccc(C(NN)c2cc(Br)cc(Br)c2)c(F)c1. The lowest BCUT2D eigenvalue weighted by Gasteiger charge is -2.18. The van der Waals surface area contributed by atoms with Crippen LogP contribution in [0, 0.1) is 5.82 Å². The summed E-state index contributed by atoms with van der Waals surface area (Å²) >= 11 is 6.82. The molecular weight excluding hydrogens is 391 g/mol. The standard InChI is InChI=1S/C14H13Br2FN2O/c1-20-11-2-3-12(13(17)7-11)14(19-18)8-4-9(15)6-10(16)5-8/h2-7,14,19H,18H2,1H3. The van der Waals surface area contributed by atoms with Crippen molar-refractivity contribution in [3.63, 3.8) is 0 Å². The van der Waals surface area contributed by atoms with E-state index in [0.717, 1.165) is 14.5 Å². The lowest BCUT2D eigenvalue weighted by molar-refractivity contribution is 0.410. The number of hydrazine groups is 1. The molecule has 0 radical (unpaired) electrons. The van der Waals surface area contributed by atoms with Gasteiger partial charge >= 0.3 is 0 Å². The van der Waals surface area contributed by atoms with Crippen LogP contribution in [0.4, 0.5) is 4.39 Å². The molecule has 3 nitrogen and oxygen atoms in total. The van der Waals surface area contributed by atoms with Gasteiger partial charge in [-0.25, -0.2) is 9.82 Å². The number of hydrogen-bond acceptors (Lipinski definition) is 3. The van der Waals surface area contributed by atoms with Crippen LogP contribution >= 0.6 is 31.9 Å². The zero-order valence-electron chi connectivity index (χ0n) is 10.7. The summed E-state index contributed by atoms with van der Waals surface area (Å²) in [6.45, 7) is 0. The normalized spacial score (nSPS) is 12.2. The number of nitrogens with two attached hydrogens (primary N) is 1. The summed E-state index contributed by atoms with van der Waals surface area (Å²) in [5.74, 6) is 5.70. The number of hydrogen-bond donors (Lipinski definition) is 2. The molecule has 0 heterocycles. The Kier molecular flexibility index (Phi) is 5.15.